The van der Waals surface area contributed by atoms with Gasteiger partial charge in [-0.1, -0.05) is 6.07 Å². The Bertz CT molecular complexity index is 1150. The molecule has 1 atom stereocenters. The molecular formula is C23H22FN5O2. The first kappa shape index (κ1) is 19.4. The summed E-state index contributed by atoms with van der Waals surface area (Å²) < 4.78 is 20.0. The molecule has 4 heterocycles. The lowest BCUT2D eigenvalue weighted by atomic mass is 10.0. The van der Waals surface area contributed by atoms with Gasteiger partial charge in [0.1, 0.15) is 17.4 Å². The molecule has 1 aromatic carbocycles. The summed E-state index contributed by atoms with van der Waals surface area (Å²) in [7, 11) is 1.48. The molecule has 2 aromatic heterocycles. The van der Waals surface area contributed by atoms with Crippen molar-refractivity contribution in [3.8, 4) is 17.0 Å². The number of carbonyl (C=O) groups excluding carboxylic acids is 1. The molecule has 0 saturated carbocycles. The number of nitrogens with zero attached hydrogens (tertiary/aromatic N) is 4. The fourth-order valence-electron chi connectivity index (χ4n) is 4.28. The minimum atomic E-state index is -0.447. The Labute approximate surface area is 179 Å². The van der Waals surface area contributed by atoms with E-state index in [0.29, 0.717) is 28.4 Å². The van der Waals surface area contributed by atoms with E-state index in [0.717, 1.165) is 25.2 Å². The summed E-state index contributed by atoms with van der Waals surface area (Å²) in [5.41, 5.74) is 8.80. The van der Waals surface area contributed by atoms with Crippen LogP contribution in [0.25, 0.3) is 11.3 Å². The standard InChI is InChI=1S/C23H22FN5O2/c1-31-19-4-2-3-18(24)21(19)22-17-13-29(23(30)16(17)7-9-26-22)20-6-5-15(11-27-20)28-10-8-14(25)12-28/h2-7,9,11,14H,8,10,12-13,25H2,1H3/t14-/m1/s1. The Morgan fingerprint density at radius 1 is 1.19 bits per heavy atom. The highest BCUT2D eigenvalue weighted by atomic mass is 19.1. The molecule has 8 heteroatoms. The molecule has 31 heavy (non-hydrogen) atoms. The van der Waals surface area contributed by atoms with E-state index in [2.05, 4.69) is 14.9 Å². The second kappa shape index (κ2) is 7.63. The highest BCUT2D eigenvalue weighted by molar-refractivity contribution is 6.10. The van der Waals surface area contributed by atoms with Crippen LogP contribution < -0.4 is 20.3 Å². The minimum absolute atomic E-state index is 0.177. The van der Waals surface area contributed by atoms with Crippen LogP contribution in [0.3, 0.4) is 0 Å². The monoisotopic (exact) mass is 419 g/mol. The highest BCUT2D eigenvalue weighted by Gasteiger charge is 2.33. The van der Waals surface area contributed by atoms with Gasteiger partial charge in [0.2, 0.25) is 0 Å². The second-order valence-corrected chi connectivity index (χ2v) is 7.76. The molecular weight excluding hydrogens is 397 g/mol. The van der Waals surface area contributed by atoms with Crippen LogP contribution in [-0.4, -0.2) is 42.1 Å². The maximum absolute atomic E-state index is 14.7. The number of hydrogen-bond acceptors (Lipinski definition) is 6. The molecule has 1 amide bonds. The summed E-state index contributed by atoms with van der Waals surface area (Å²) in [6.07, 6.45) is 4.24. The second-order valence-electron chi connectivity index (χ2n) is 7.76. The first-order valence-electron chi connectivity index (χ1n) is 10.2. The third-order valence-corrected chi connectivity index (χ3v) is 5.88. The molecule has 1 saturated heterocycles. The molecule has 2 N–H and O–H groups in total. The number of rotatable bonds is 4. The lowest BCUT2D eigenvalue weighted by molar-refractivity contribution is 0.0996. The van der Waals surface area contributed by atoms with Gasteiger partial charge < -0.3 is 15.4 Å². The van der Waals surface area contributed by atoms with E-state index >= 15 is 0 Å². The van der Waals surface area contributed by atoms with Gasteiger partial charge in [0.05, 0.1) is 36.8 Å². The van der Waals surface area contributed by atoms with Crippen molar-refractivity contribution in [1.82, 2.24) is 9.97 Å². The van der Waals surface area contributed by atoms with Gasteiger partial charge in [-0.3, -0.25) is 14.7 Å². The highest BCUT2D eigenvalue weighted by Crippen LogP contribution is 2.38. The van der Waals surface area contributed by atoms with Crippen molar-refractivity contribution in [3.63, 3.8) is 0 Å². The van der Waals surface area contributed by atoms with Crippen LogP contribution in [0.1, 0.15) is 22.3 Å². The van der Waals surface area contributed by atoms with Gasteiger partial charge in [-0.15, -0.1) is 0 Å². The van der Waals surface area contributed by atoms with Crippen molar-refractivity contribution in [2.24, 2.45) is 5.73 Å². The first-order chi connectivity index (χ1) is 15.1. The van der Waals surface area contributed by atoms with E-state index in [1.165, 1.54) is 19.4 Å². The molecule has 5 rings (SSSR count). The number of benzene rings is 1. The van der Waals surface area contributed by atoms with Crippen molar-refractivity contribution in [1.29, 1.82) is 0 Å². The lowest BCUT2D eigenvalue weighted by Crippen LogP contribution is -2.27. The van der Waals surface area contributed by atoms with Crippen LogP contribution >= 0.6 is 0 Å². The summed E-state index contributed by atoms with van der Waals surface area (Å²) in [6.45, 7) is 1.96. The molecule has 0 radical (unpaired) electrons. The lowest BCUT2D eigenvalue weighted by Gasteiger charge is -2.20. The van der Waals surface area contributed by atoms with Crippen LogP contribution in [0.5, 0.6) is 5.75 Å². The van der Waals surface area contributed by atoms with Crippen LogP contribution in [0.2, 0.25) is 0 Å². The molecule has 0 aliphatic carbocycles. The summed E-state index contributed by atoms with van der Waals surface area (Å²) in [5, 5.41) is 0. The normalized spacial score (nSPS) is 17.9. The van der Waals surface area contributed by atoms with Gasteiger partial charge in [-0.2, -0.15) is 0 Å². The van der Waals surface area contributed by atoms with E-state index in [1.54, 1.807) is 29.3 Å². The molecule has 1 fully saturated rings. The van der Waals surface area contributed by atoms with E-state index in [9.17, 15) is 9.18 Å². The molecule has 0 unspecified atom stereocenters. The number of carbonyl (C=O) groups is 1. The summed E-state index contributed by atoms with van der Waals surface area (Å²) >= 11 is 0. The number of ether oxygens (including phenoxy) is 1. The van der Waals surface area contributed by atoms with Crippen LogP contribution in [-0.2, 0) is 6.54 Å². The molecule has 0 bridgehead atoms. The van der Waals surface area contributed by atoms with Gasteiger partial charge in [0, 0.05) is 36.5 Å². The molecule has 7 nitrogen and oxygen atoms in total. The number of hydrogen-bond donors (Lipinski definition) is 1. The Balaban J connectivity index is 1.48. The molecule has 0 spiro atoms. The maximum atomic E-state index is 14.7. The Morgan fingerprint density at radius 3 is 2.77 bits per heavy atom. The van der Waals surface area contributed by atoms with Crippen LogP contribution in [0, 0.1) is 5.82 Å². The van der Waals surface area contributed by atoms with Crippen molar-refractivity contribution in [2.45, 2.75) is 19.0 Å². The minimum Gasteiger partial charge on any atom is -0.496 e. The van der Waals surface area contributed by atoms with Gasteiger partial charge in [-0.05, 0) is 36.8 Å². The van der Waals surface area contributed by atoms with E-state index < -0.39 is 5.82 Å². The zero-order valence-electron chi connectivity index (χ0n) is 17.1. The number of amides is 1. The van der Waals surface area contributed by atoms with Crippen LogP contribution in [0.15, 0.2) is 48.8 Å². The van der Waals surface area contributed by atoms with Crippen molar-refractivity contribution in [3.05, 3.63) is 65.7 Å². The maximum Gasteiger partial charge on any atom is 0.260 e. The van der Waals surface area contributed by atoms with Crippen LogP contribution in [0.4, 0.5) is 15.9 Å². The number of pyridine rings is 2. The summed E-state index contributed by atoms with van der Waals surface area (Å²) in [5.74, 6) is 0.285. The van der Waals surface area contributed by atoms with E-state index in [4.69, 9.17) is 10.5 Å². The van der Waals surface area contributed by atoms with Crippen molar-refractivity contribution in [2.75, 3.05) is 30.0 Å². The third kappa shape index (κ3) is 3.29. The number of fused-ring (bicyclic) bond motifs is 1. The zero-order chi connectivity index (χ0) is 21.5. The fourth-order valence-corrected chi connectivity index (χ4v) is 4.28. The van der Waals surface area contributed by atoms with E-state index in [1.807, 2.05) is 12.1 Å². The zero-order valence-corrected chi connectivity index (χ0v) is 17.1. The number of aromatic nitrogens is 2. The number of halogens is 1. The smallest absolute Gasteiger partial charge is 0.260 e. The number of anilines is 2. The van der Waals surface area contributed by atoms with Gasteiger partial charge in [0.15, 0.2) is 0 Å². The summed E-state index contributed by atoms with van der Waals surface area (Å²) in [6, 6.07) is 10.2. The van der Waals surface area contributed by atoms with Crippen molar-refractivity contribution < 1.29 is 13.9 Å². The third-order valence-electron chi connectivity index (χ3n) is 5.88. The SMILES string of the molecule is COc1cccc(F)c1-c1nccc2c1CN(c1ccc(N3CC[C@@H](N)C3)cn1)C2=O. The Kier molecular flexibility index (Phi) is 4.78. The molecule has 2 aliphatic rings. The molecule has 3 aromatic rings. The van der Waals surface area contributed by atoms with Gasteiger partial charge in [-0.25, -0.2) is 9.37 Å². The quantitative estimate of drug-likeness (QED) is 0.700. The van der Waals surface area contributed by atoms with Gasteiger partial charge in [0.25, 0.3) is 5.91 Å². The van der Waals surface area contributed by atoms with Gasteiger partial charge >= 0.3 is 0 Å². The Morgan fingerprint density at radius 2 is 2.06 bits per heavy atom. The van der Waals surface area contributed by atoms with E-state index in [-0.39, 0.29) is 24.1 Å². The average molecular weight is 419 g/mol. The summed E-state index contributed by atoms with van der Waals surface area (Å²) in [4.78, 5) is 25.8. The largest absolute Gasteiger partial charge is 0.496 e. The predicted octanol–water partition coefficient (Wildman–Crippen LogP) is 2.99. The average Bonchev–Trinajstić information content (AvgIpc) is 3.37. The molecule has 2 aliphatic heterocycles. The fraction of sp³-hybridized carbons (Fsp3) is 0.261. The predicted molar refractivity (Wildman–Crippen MR) is 116 cm³/mol. The number of nitrogens with two attached hydrogens (primary N) is 1. The van der Waals surface area contributed by atoms with Crippen molar-refractivity contribution >= 4 is 17.4 Å². The topological polar surface area (TPSA) is 84.6 Å². The molecule has 158 valence electrons. The number of methoxy groups -OCH3 is 1. The Hall–Kier alpha value is -3.52. The first-order valence-corrected chi connectivity index (χ1v) is 10.2.